The summed E-state index contributed by atoms with van der Waals surface area (Å²) in [7, 11) is 0. The molecule has 5 amide bonds. The van der Waals surface area contributed by atoms with Gasteiger partial charge in [-0.25, -0.2) is 0 Å². The van der Waals surface area contributed by atoms with Crippen LogP contribution in [0.25, 0.3) is 0 Å². The fourth-order valence-electron chi connectivity index (χ4n) is 4.66. The zero-order valence-electron chi connectivity index (χ0n) is 17.6. The summed E-state index contributed by atoms with van der Waals surface area (Å²) < 4.78 is 0. The fourth-order valence-corrected chi connectivity index (χ4v) is 4.66. The van der Waals surface area contributed by atoms with Gasteiger partial charge in [0.25, 0.3) is 11.8 Å². The molecule has 1 atom stereocenters. The number of amides is 5. The Kier molecular flexibility index (Phi) is 4.85. The third-order valence-electron chi connectivity index (χ3n) is 6.22. The average molecular weight is 447 g/mol. The Labute approximate surface area is 188 Å². The molecule has 0 bridgehead atoms. The predicted molar refractivity (Wildman–Crippen MR) is 119 cm³/mol. The lowest BCUT2D eigenvalue weighted by atomic mass is 10.0. The highest BCUT2D eigenvalue weighted by molar-refractivity contribution is 6.25. The summed E-state index contributed by atoms with van der Waals surface area (Å²) in [5.74, 6) is -2.55. The summed E-state index contributed by atoms with van der Waals surface area (Å²) >= 11 is 0. The van der Waals surface area contributed by atoms with Crippen molar-refractivity contribution in [1.29, 1.82) is 0 Å². The van der Waals surface area contributed by atoms with Gasteiger partial charge in [-0.1, -0.05) is 18.2 Å². The van der Waals surface area contributed by atoms with Crippen molar-refractivity contribution in [3.8, 4) is 0 Å². The maximum absolute atomic E-state index is 13.2. The van der Waals surface area contributed by atoms with Crippen LogP contribution in [0.5, 0.6) is 0 Å². The van der Waals surface area contributed by atoms with Crippen LogP contribution in [0, 0.1) is 0 Å². The monoisotopic (exact) mass is 447 g/mol. The topological polar surface area (TPSA) is 142 Å². The molecule has 4 N–H and O–H groups in total. The van der Waals surface area contributed by atoms with Gasteiger partial charge < -0.3 is 16.0 Å². The zero-order chi connectivity index (χ0) is 23.3. The number of hydrogen-bond donors (Lipinski definition) is 3. The first-order chi connectivity index (χ1) is 15.9. The molecule has 0 aliphatic carbocycles. The highest BCUT2D eigenvalue weighted by atomic mass is 16.2. The molecule has 10 nitrogen and oxygen atoms in total. The van der Waals surface area contributed by atoms with Crippen molar-refractivity contribution in [3.63, 3.8) is 0 Å². The SMILES string of the molecule is Nc1cccc2c1N(C(=O)CNc1cccc3c1C(=O)N(C1CCC(=O)NC1=O)C3=O)CC2. The maximum Gasteiger partial charge on any atom is 0.264 e. The number of carbonyl (C=O) groups is 5. The van der Waals surface area contributed by atoms with Crippen LogP contribution in [0.15, 0.2) is 36.4 Å². The first-order valence-corrected chi connectivity index (χ1v) is 10.6. The lowest BCUT2D eigenvalue weighted by molar-refractivity contribution is -0.136. The van der Waals surface area contributed by atoms with E-state index >= 15 is 0 Å². The molecule has 33 heavy (non-hydrogen) atoms. The van der Waals surface area contributed by atoms with Crippen molar-refractivity contribution < 1.29 is 24.0 Å². The van der Waals surface area contributed by atoms with E-state index in [1.54, 1.807) is 23.1 Å². The van der Waals surface area contributed by atoms with Gasteiger partial charge in [-0.3, -0.25) is 34.2 Å². The summed E-state index contributed by atoms with van der Waals surface area (Å²) in [5, 5.41) is 5.15. The van der Waals surface area contributed by atoms with E-state index in [1.165, 1.54) is 6.07 Å². The summed E-state index contributed by atoms with van der Waals surface area (Å²) in [6.07, 6.45) is 0.831. The molecule has 2 aromatic carbocycles. The molecule has 168 valence electrons. The van der Waals surface area contributed by atoms with Crippen LogP contribution in [0.3, 0.4) is 0 Å². The number of nitrogens with two attached hydrogens (primary N) is 1. The zero-order valence-corrected chi connectivity index (χ0v) is 17.6. The summed E-state index contributed by atoms with van der Waals surface area (Å²) in [6.45, 7) is 0.405. The number of para-hydroxylation sites is 1. The van der Waals surface area contributed by atoms with Gasteiger partial charge in [0.1, 0.15) is 6.04 Å². The van der Waals surface area contributed by atoms with Gasteiger partial charge in [0.15, 0.2) is 0 Å². The Balaban J connectivity index is 1.36. The summed E-state index contributed by atoms with van der Waals surface area (Å²) in [5.41, 5.74) is 8.89. The number of piperidine rings is 1. The molecule has 1 saturated heterocycles. The minimum Gasteiger partial charge on any atom is -0.397 e. The molecule has 1 fully saturated rings. The number of hydrogen-bond acceptors (Lipinski definition) is 7. The van der Waals surface area contributed by atoms with Gasteiger partial charge in [-0.15, -0.1) is 0 Å². The molecule has 2 aromatic rings. The van der Waals surface area contributed by atoms with Gasteiger partial charge in [0.2, 0.25) is 17.7 Å². The number of fused-ring (bicyclic) bond motifs is 2. The van der Waals surface area contributed by atoms with Crippen molar-refractivity contribution in [2.24, 2.45) is 0 Å². The van der Waals surface area contributed by atoms with E-state index in [2.05, 4.69) is 10.6 Å². The van der Waals surface area contributed by atoms with Crippen LogP contribution in [0.4, 0.5) is 17.1 Å². The van der Waals surface area contributed by atoms with Crippen LogP contribution in [-0.2, 0) is 20.8 Å². The number of nitrogens with one attached hydrogen (secondary N) is 2. The van der Waals surface area contributed by atoms with E-state index in [9.17, 15) is 24.0 Å². The summed E-state index contributed by atoms with van der Waals surface area (Å²) in [6, 6.07) is 9.20. The van der Waals surface area contributed by atoms with Gasteiger partial charge in [0.05, 0.1) is 29.0 Å². The molecule has 5 rings (SSSR count). The minimum atomic E-state index is -1.05. The van der Waals surface area contributed by atoms with Gasteiger partial charge in [-0.05, 0) is 36.6 Å². The molecule has 0 radical (unpaired) electrons. The number of imide groups is 2. The highest BCUT2D eigenvalue weighted by Gasteiger charge is 2.45. The standard InChI is InChI=1S/C23H21N5O5/c24-14-5-1-3-12-9-10-27(20(12)14)18(30)11-25-15-6-2-4-13-19(15)23(33)28(22(13)32)16-7-8-17(29)26-21(16)31/h1-6,16,25H,7-11,24H2,(H,26,29,31). The molecular weight excluding hydrogens is 426 g/mol. The smallest absolute Gasteiger partial charge is 0.264 e. The van der Waals surface area contributed by atoms with E-state index in [1.807, 2.05) is 12.1 Å². The van der Waals surface area contributed by atoms with Crippen LogP contribution in [-0.4, -0.2) is 53.6 Å². The number of nitrogen functional groups attached to an aromatic ring is 1. The molecule has 0 aromatic heterocycles. The van der Waals surface area contributed by atoms with Crippen LogP contribution >= 0.6 is 0 Å². The number of rotatable bonds is 4. The van der Waals surface area contributed by atoms with Gasteiger partial charge in [-0.2, -0.15) is 0 Å². The normalized spacial score (nSPS) is 19.5. The lowest BCUT2D eigenvalue weighted by Gasteiger charge is -2.27. The number of nitrogens with zero attached hydrogens (tertiary/aromatic N) is 2. The van der Waals surface area contributed by atoms with Gasteiger partial charge >= 0.3 is 0 Å². The van der Waals surface area contributed by atoms with Crippen LogP contribution < -0.4 is 21.3 Å². The molecule has 0 spiro atoms. The van der Waals surface area contributed by atoms with Gasteiger partial charge in [0, 0.05) is 18.7 Å². The summed E-state index contributed by atoms with van der Waals surface area (Å²) in [4.78, 5) is 65.2. The fraction of sp³-hybridized carbons (Fsp3) is 0.261. The third-order valence-corrected chi connectivity index (χ3v) is 6.22. The van der Waals surface area contributed by atoms with Crippen molar-refractivity contribution in [2.45, 2.75) is 25.3 Å². The second kappa shape index (κ2) is 7.73. The van der Waals surface area contributed by atoms with Crippen LogP contribution in [0.1, 0.15) is 39.1 Å². The Morgan fingerprint density at radius 2 is 1.85 bits per heavy atom. The highest BCUT2D eigenvalue weighted by Crippen LogP contribution is 2.35. The molecule has 0 saturated carbocycles. The van der Waals surface area contributed by atoms with E-state index < -0.39 is 29.7 Å². The number of carbonyl (C=O) groups excluding carboxylic acids is 5. The second-order valence-corrected chi connectivity index (χ2v) is 8.18. The second-order valence-electron chi connectivity index (χ2n) is 8.18. The van der Waals surface area contributed by atoms with E-state index in [4.69, 9.17) is 5.73 Å². The van der Waals surface area contributed by atoms with E-state index in [-0.39, 0.29) is 36.4 Å². The van der Waals surface area contributed by atoms with Crippen molar-refractivity contribution in [2.75, 3.05) is 29.0 Å². The molecule has 1 unspecified atom stereocenters. The lowest BCUT2D eigenvalue weighted by Crippen LogP contribution is -2.54. The quantitative estimate of drug-likeness (QED) is 0.462. The first-order valence-electron chi connectivity index (χ1n) is 10.6. The molecule has 3 heterocycles. The van der Waals surface area contributed by atoms with Crippen molar-refractivity contribution >= 4 is 46.6 Å². The Morgan fingerprint density at radius 1 is 1.06 bits per heavy atom. The molecule has 3 aliphatic heterocycles. The molecule has 10 heteroatoms. The third kappa shape index (κ3) is 3.30. The predicted octanol–water partition coefficient (Wildman–Crippen LogP) is 0.671. The van der Waals surface area contributed by atoms with E-state index in [0.29, 0.717) is 30.0 Å². The maximum atomic E-state index is 13.2. The Hall–Kier alpha value is -4.21. The van der Waals surface area contributed by atoms with Crippen molar-refractivity contribution in [1.82, 2.24) is 10.2 Å². The minimum absolute atomic E-state index is 0.0455. The molecule has 3 aliphatic rings. The average Bonchev–Trinajstić information content (AvgIpc) is 3.34. The van der Waals surface area contributed by atoms with Crippen LogP contribution in [0.2, 0.25) is 0 Å². The number of anilines is 3. The first kappa shape index (κ1) is 20.7. The van der Waals surface area contributed by atoms with Crippen molar-refractivity contribution in [3.05, 3.63) is 53.1 Å². The number of benzene rings is 2. The largest absolute Gasteiger partial charge is 0.397 e. The molecular formula is C23H21N5O5. The Bertz CT molecular complexity index is 1240. The Morgan fingerprint density at radius 3 is 2.64 bits per heavy atom. The van der Waals surface area contributed by atoms with E-state index in [0.717, 1.165) is 10.5 Å².